The molecule has 0 spiro atoms. The molecule has 104 valence electrons. The summed E-state index contributed by atoms with van der Waals surface area (Å²) in [5, 5.41) is 8.68. The summed E-state index contributed by atoms with van der Waals surface area (Å²) in [6.07, 6.45) is 1.44. The molecule has 0 aliphatic carbocycles. The average Bonchev–Trinajstić information content (AvgIpc) is 2.38. The summed E-state index contributed by atoms with van der Waals surface area (Å²) in [5.41, 5.74) is -0.163. The van der Waals surface area contributed by atoms with Crippen LogP contribution in [0.25, 0.3) is 0 Å². The second-order valence-electron chi connectivity index (χ2n) is 3.77. The maximum absolute atomic E-state index is 12.1. The average molecular weight is 313 g/mol. The summed E-state index contributed by atoms with van der Waals surface area (Å²) in [6.45, 7) is 0. The van der Waals surface area contributed by atoms with Gasteiger partial charge >= 0.3 is 5.97 Å². The lowest BCUT2D eigenvalue weighted by Gasteiger charge is -2.08. The summed E-state index contributed by atoms with van der Waals surface area (Å²) in [7, 11) is -3.87. The van der Waals surface area contributed by atoms with Crippen molar-refractivity contribution in [1.82, 2.24) is 4.98 Å². The molecule has 0 radical (unpaired) electrons. The zero-order valence-electron chi connectivity index (χ0n) is 9.95. The zero-order chi connectivity index (χ0) is 14.8. The van der Waals surface area contributed by atoms with Crippen LogP contribution in [0.4, 0.5) is 5.82 Å². The van der Waals surface area contributed by atoms with Crippen LogP contribution in [-0.2, 0) is 10.0 Å². The van der Waals surface area contributed by atoms with Gasteiger partial charge in [-0.25, -0.2) is 18.2 Å². The number of hydrogen-bond acceptors (Lipinski definition) is 4. The Kier molecular flexibility index (Phi) is 3.91. The van der Waals surface area contributed by atoms with Crippen molar-refractivity contribution in [2.45, 2.75) is 4.90 Å². The number of carboxylic acid groups (broad SMARTS) is 1. The second kappa shape index (κ2) is 5.48. The largest absolute Gasteiger partial charge is 0.478 e. The number of carbonyl (C=O) groups is 1. The van der Waals surface area contributed by atoms with Crippen LogP contribution in [0.2, 0.25) is 5.02 Å². The Bertz CT molecular complexity index is 747. The number of hydrogen-bond donors (Lipinski definition) is 2. The Balaban J connectivity index is 2.35. The number of carboxylic acids is 1. The highest BCUT2D eigenvalue weighted by Crippen LogP contribution is 2.22. The van der Waals surface area contributed by atoms with Crippen LogP contribution >= 0.6 is 11.6 Å². The molecule has 2 aromatic rings. The predicted molar refractivity (Wildman–Crippen MR) is 73.5 cm³/mol. The van der Waals surface area contributed by atoms with Crippen molar-refractivity contribution < 1.29 is 18.3 Å². The van der Waals surface area contributed by atoms with Crippen molar-refractivity contribution >= 4 is 33.4 Å². The van der Waals surface area contributed by atoms with E-state index in [0.29, 0.717) is 0 Å². The predicted octanol–water partition coefficient (Wildman–Crippen LogP) is 2.23. The number of nitrogens with one attached hydrogen (secondary N) is 1. The third-order valence-corrected chi connectivity index (χ3v) is 4.05. The highest BCUT2D eigenvalue weighted by molar-refractivity contribution is 7.92. The van der Waals surface area contributed by atoms with Crippen LogP contribution in [0, 0.1) is 0 Å². The molecule has 1 heterocycles. The molecular formula is C12H9ClN2O4S. The fourth-order valence-corrected chi connectivity index (χ4v) is 2.82. The summed E-state index contributed by atoms with van der Waals surface area (Å²) in [5.74, 6) is -1.07. The van der Waals surface area contributed by atoms with Gasteiger partial charge in [0.05, 0.1) is 15.5 Å². The Labute approximate surface area is 120 Å². The molecule has 0 saturated carbocycles. The van der Waals surface area contributed by atoms with E-state index in [1.54, 1.807) is 12.1 Å². The Morgan fingerprint density at radius 2 is 2.00 bits per heavy atom. The van der Waals surface area contributed by atoms with Gasteiger partial charge in [-0.3, -0.25) is 4.72 Å². The van der Waals surface area contributed by atoms with Crippen LogP contribution in [0.5, 0.6) is 0 Å². The van der Waals surface area contributed by atoms with Crippen LogP contribution in [0.1, 0.15) is 10.4 Å². The van der Waals surface area contributed by atoms with Gasteiger partial charge in [0.2, 0.25) is 0 Å². The molecule has 0 aliphatic rings. The fraction of sp³-hybridized carbons (Fsp3) is 0. The summed E-state index contributed by atoms with van der Waals surface area (Å²) < 4.78 is 26.4. The van der Waals surface area contributed by atoms with E-state index in [-0.39, 0.29) is 21.3 Å². The van der Waals surface area contributed by atoms with Crippen LogP contribution in [-0.4, -0.2) is 24.5 Å². The number of aromatic carboxylic acids is 1. The molecule has 0 aliphatic heterocycles. The second-order valence-corrected chi connectivity index (χ2v) is 5.86. The molecule has 0 unspecified atom stereocenters. The minimum Gasteiger partial charge on any atom is -0.478 e. The van der Waals surface area contributed by atoms with Gasteiger partial charge in [0.1, 0.15) is 5.82 Å². The first kappa shape index (κ1) is 14.3. The number of nitrogens with zero attached hydrogens (tertiary/aromatic N) is 1. The molecule has 1 aromatic carbocycles. The van der Waals surface area contributed by atoms with Gasteiger partial charge in [0, 0.05) is 6.20 Å². The standard InChI is InChI=1S/C12H9ClN2O4S/c13-10-7-8(4-5-9(10)12(16)17)20(18,19)15-11-3-1-2-6-14-11/h1-7H,(H,14,15)(H,16,17). The first-order valence-electron chi connectivity index (χ1n) is 5.37. The van der Waals surface area contributed by atoms with Gasteiger partial charge in [-0.2, -0.15) is 0 Å². The fourth-order valence-electron chi connectivity index (χ4n) is 1.46. The first-order chi connectivity index (χ1) is 9.40. The van der Waals surface area contributed by atoms with Gasteiger partial charge in [-0.05, 0) is 30.3 Å². The number of aromatic nitrogens is 1. The van der Waals surface area contributed by atoms with Crippen LogP contribution in [0.3, 0.4) is 0 Å². The highest BCUT2D eigenvalue weighted by atomic mass is 35.5. The molecule has 0 bridgehead atoms. The van der Waals surface area contributed by atoms with E-state index in [2.05, 4.69) is 9.71 Å². The highest BCUT2D eigenvalue weighted by Gasteiger charge is 2.18. The quantitative estimate of drug-likeness (QED) is 0.902. The van der Waals surface area contributed by atoms with E-state index >= 15 is 0 Å². The van der Waals surface area contributed by atoms with Gasteiger partial charge in [-0.1, -0.05) is 17.7 Å². The third-order valence-electron chi connectivity index (χ3n) is 2.39. The van der Waals surface area contributed by atoms with Crippen LogP contribution in [0.15, 0.2) is 47.5 Å². The topological polar surface area (TPSA) is 96.4 Å². The molecule has 0 saturated heterocycles. The van der Waals surface area contributed by atoms with Gasteiger partial charge in [0.25, 0.3) is 10.0 Å². The number of rotatable bonds is 4. The van der Waals surface area contributed by atoms with Crippen molar-refractivity contribution in [3.63, 3.8) is 0 Å². The minimum absolute atomic E-state index is 0.141. The number of anilines is 1. The van der Waals surface area contributed by atoms with Gasteiger partial charge < -0.3 is 5.11 Å². The maximum Gasteiger partial charge on any atom is 0.337 e. The monoisotopic (exact) mass is 312 g/mol. The van der Waals surface area contributed by atoms with E-state index in [4.69, 9.17) is 16.7 Å². The third kappa shape index (κ3) is 3.06. The molecule has 2 rings (SSSR count). The molecule has 20 heavy (non-hydrogen) atoms. The minimum atomic E-state index is -3.87. The Morgan fingerprint density at radius 3 is 2.55 bits per heavy atom. The van der Waals surface area contributed by atoms with E-state index in [0.717, 1.165) is 12.1 Å². The Morgan fingerprint density at radius 1 is 1.25 bits per heavy atom. The van der Waals surface area contributed by atoms with Crippen molar-refractivity contribution in [2.75, 3.05) is 4.72 Å². The molecule has 6 nitrogen and oxygen atoms in total. The SMILES string of the molecule is O=C(O)c1ccc(S(=O)(=O)Nc2ccccn2)cc1Cl. The molecule has 0 fully saturated rings. The first-order valence-corrected chi connectivity index (χ1v) is 7.23. The summed E-state index contributed by atoms with van der Waals surface area (Å²) in [6, 6.07) is 8.15. The number of sulfonamides is 1. The molecule has 2 N–H and O–H groups in total. The van der Waals surface area contributed by atoms with Crippen LogP contribution < -0.4 is 4.72 Å². The van der Waals surface area contributed by atoms with Crippen molar-refractivity contribution in [3.05, 3.63) is 53.2 Å². The van der Waals surface area contributed by atoms with Crippen molar-refractivity contribution in [3.8, 4) is 0 Å². The number of pyridine rings is 1. The van der Waals surface area contributed by atoms with E-state index in [9.17, 15) is 13.2 Å². The normalized spacial score (nSPS) is 11.1. The lowest BCUT2D eigenvalue weighted by atomic mass is 10.2. The van der Waals surface area contributed by atoms with Crippen molar-refractivity contribution in [2.24, 2.45) is 0 Å². The van der Waals surface area contributed by atoms with Gasteiger partial charge in [0.15, 0.2) is 0 Å². The molecule has 1 aromatic heterocycles. The lowest BCUT2D eigenvalue weighted by Crippen LogP contribution is -2.14. The Hall–Kier alpha value is -2.12. The van der Waals surface area contributed by atoms with E-state index < -0.39 is 16.0 Å². The summed E-state index contributed by atoms with van der Waals surface area (Å²) in [4.78, 5) is 14.5. The van der Waals surface area contributed by atoms with E-state index in [1.807, 2.05) is 0 Å². The molecule has 8 heteroatoms. The smallest absolute Gasteiger partial charge is 0.337 e. The number of benzene rings is 1. The van der Waals surface area contributed by atoms with Crippen molar-refractivity contribution in [1.29, 1.82) is 0 Å². The molecule has 0 atom stereocenters. The molecule has 0 amide bonds. The zero-order valence-corrected chi connectivity index (χ0v) is 11.5. The van der Waals surface area contributed by atoms with Gasteiger partial charge in [-0.15, -0.1) is 0 Å². The maximum atomic E-state index is 12.1. The lowest BCUT2D eigenvalue weighted by molar-refractivity contribution is 0.0697. The molecular weight excluding hydrogens is 304 g/mol. The van der Waals surface area contributed by atoms with E-state index in [1.165, 1.54) is 18.3 Å². The number of halogens is 1. The summed E-state index contributed by atoms with van der Waals surface area (Å²) >= 11 is 5.74.